The van der Waals surface area contributed by atoms with E-state index in [-0.39, 0.29) is 12.1 Å². The monoisotopic (exact) mass is 376 g/mol. The van der Waals surface area contributed by atoms with Crippen LogP contribution in [0.3, 0.4) is 0 Å². The third-order valence-electron chi connectivity index (χ3n) is 5.95. The first-order valence-corrected chi connectivity index (χ1v) is 12.1. The van der Waals surface area contributed by atoms with Crippen molar-refractivity contribution in [1.29, 1.82) is 0 Å². The average Bonchev–Trinajstić information content (AvgIpc) is 2.71. The van der Waals surface area contributed by atoms with E-state index in [1.54, 1.807) is 7.11 Å². The zero-order valence-corrected chi connectivity index (χ0v) is 17.7. The molecule has 26 heavy (non-hydrogen) atoms. The fourth-order valence-corrected chi connectivity index (χ4v) is 6.88. The molecule has 4 nitrogen and oxygen atoms in total. The molecule has 0 fully saturated rings. The molecule has 5 heteroatoms. The number of methoxy groups -OCH3 is 2. The van der Waals surface area contributed by atoms with Crippen LogP contribution in [0.25, 0.3) is 0 Å². The average molecular weight is 377 g/mol. The van der Waals surface area contributed by atoms with Crippen molar-refractivity contribution in [2.45, 2.75) is 63.3 Å². The van der Waals surface area contributed by atoms with Gasteiger partial charge in [0.1, 0.15) is 11.2 Å². The molecule has 0 amide bonds. The highest BCUT2D eigenvalue weighted by Crippen LogP contribution is 2.45. The molecule has 1 aliphatic rings. The maximum Gasteiger partial charge on any atom is 0.319 e. The molecule has 1 aliphatic carbocycles. The minimum Gasteiger partial charge on any atom is -0.496 e. The molecule has 1 aromatic carbocycles. The lowest BCUT2D eigenvalue weighted by atomic mass is 9.69. The highest BCUT2D eigenvalue weighted by atomic mass is 28.4. The van der Waals surface area contributed by atoms with Crippen molar-refractivity contribution < 1.29 is 18.7 Å². The zero-order chi connectivity index (χ0) is 19.2. The molecule has 0 saturated carbocycles. The number of carbonyl (C=O) groups is 1. The largest absolute Gasteiger partial charge is 0.496 e. The molecule has 2 rings (SSSR count). The Labute approximate surface area is 158 Å². The van der Waals surface area contributed by atoms with Crippen LogP contribution in [0, 0.1) is 0 Å². The number of allylic oxidation sites excluding steroid dienone is 1. The van der Waals surface area contributed by atoms with Crippen molar-refractivity contribution >= 4 is 14.3 Å². The molecule has 1 unspecified atom stereocenters. The zero-order valence-electron chi connectivity index (χ0n) is 16.7. The summed E-state index contributed by atoms with van der Waals surface area (Å²) in [5.41, 5.74) is -0.0108. The topological polar surface area (TPSA) is 44.8 Å². The highest BCUT2D eigenvalue weighted by molar-refractivity contribution is 6.73. The molecule has 0 bridgehead atoms. The van der Waals surface area contributed by atoms with Crippen molar-refractivity contribution in [3.8, 4) is 5.75 Å². The van der Waals surface area contributed by atoms with E-state index in [0.29, 0.717) is 12.2 Å². The second-order valence-electron chi connectivity index (χ2n) is 6.91. The summed E-state index contributed by atoms with van der Waals surface area (Å²) in [6, 6.07) is 10.8. The quantitative estimate of drug-likeness (QED) is 0.370. The first-order chi connectivity index (χ1) is 12.5. The van der Waals surface area contributed by atoms with Crippen LogP contribution in [0.1, 0.15) is 39.2 Å². The Bertz CT molecular complexity index is 630. The summed E-state index contributed by atoms with van der Waals surface area (Å²) in [4.78, 5) is 13.1. The predicted octanol–water partition coefficient (Wildman–Crippen LogP) is 4.85. The van der Waals surface area contributed by atoms with Gasteiger partial charge in [0.25, 0.3) is 0 Å². The van der Waals surface area contributed by atoms with Gasteiger partial charge in [0.15, 0.2) is 8.32 Å². The molecule has 0 radical (unpaired) electrons. The summed E-state index contributed by atoms with van der Waals surface area (Å²) in [7, 11) is 1.19. The van der Waals surface area contributed by atoms with Crippen LogP contribution in [0.2, 0.25) is 18.1 Å². The Hall–Kier alpha value is -1.59. The molecule has 0 aromatic heterocycles. The van der Waals surface area contributed by atoms with Gasteiger partial charge in [0, 0.05) is 5.56 Å². The number of hydrogen-bond donors (Lipinski definition) is 0. The molecule has 0 aliphatic heterocycles. The van der Waals surface area contributed by atoms with Crippen LogP contribution in [-0.2, 0) is 19.4 Å². The standard InChI is InChI=1S/C21H32O4Si/c1-6-26(7-2,8-3)25-19-15-11-12-16-21(19,20(22)24-5)17-13-9-10-14-18(17)23-4/h9-11,13-15,19H,6-8,12,16H2,1-5H3/t19?,21-/m1/s1. The van der Waals surface area contributed by atoms with E-state index in [9.17, 15) is 4.79 Å². The predicted molar refractivity (Wildman–Crippen MR) is 107 cm³/mol. The summed E-state index contributed by atoms with van der Waals surface area (Å²) >= 11 is 0. The van der Waals surface area contributed by atoms with Crippen LogP contribution in [0.15, 0.2) is 36.4 Å². The number of para-hydroxylation sites is 1. The van der Waals surface area contributed by atoms with Gasteiger partial charge in [-0.3, -0.25) is 4.79 Å². The van der Waals surface area contributed by atoms with Crippen molar-refractivity contribution in [2.24, 2.45) is 0 Å². The van der Waals surface area contributed by atoms with Crippen molar-refractivity contribution in [3.63, 3.8) is 0 Å². The molecule has 144 valence electrons. The molecule has 0 heterocycles. The van der Waals surface area contributed by atoms with E-state index in [1.807, 2.05) is 24.3 Å². The normalized spacial score (nSPS) is 22.9. The van der Waals surface area contributed by atoms with Crippen LogP contribution in [0.5, 0.6) is 5.75 Å². The van der Waals surface area contributed by atoms with Crippen LogP contribution < -0.4 is 4.74 Å². The summed E-state index contributed by atoms with van der Waals surface area (Å²) in [5, 5.41) is 0. The molecular weight excluding hydrogens is 344 g/mol. The maximum absolute atomic E-state index is 13.1. The van der Waals surface area contributed by atoms with Gasteiger partial charge in [-0.2, -0.15) is 0 Å². The fourth-order valence-electron chi connectivity index (χ4n) is 4.06. The van der Waals surface area contributed by atoms with E-state index in [2.05, 4.69) is 32.9 Å². The Morgan fingerprint density at radius 1 is 1.15 bits per heavy atom. The molecule has 0 N–H and O–H groups in total. The van der Waals surface area contributed by atoms with Crippen LogP contribution >= 0.6 is 0 Å². The molecule has 0 saturated heterocycles. The molecular formula is C21H32O4Si. The third-order valence-corrected chi connectivity index (χ3v) is 10.6. The first kappa shape index (κ1) is 20.7. The molecule has 1 aromatic rings. The van der Waals surface area contributed by atoms with Crippen LogP contribution in [-0.4, -0.2) is 34.6 Å². The maximum atomic E-state index is 13.1. The van der Waals surface area contributed by atoms with E-state index < -0.39 is 13.7 Å². The fraction of sp³-hybridized carbons (Fsp3) is 0.571. The van der Waals surface area contributed by atoms with E-state index in [4.69, 9.17) is 13.9 Å². The lowest BCUT2D eigenvalue weighted by molar-refractivity contribution is -0.151. The summed E-state index contributed by atoms with van der Waals surface area (Å²) < 4.78 is 17.7. The summed E-state index contributed by atoms with van der Waals surface area (Å²) in [6.07, 6.45) is 5.33. The SMILES string of the molecule is CC[Si](CC)(CC)OC1C=CCC[C@@]1(C(=O)OC)c1ccccc1OC. The Kier molecular flexibility index (Phi) is 7.06. The van der Waals surface area contributed by atoms with Gasteiger partial charge in [-0.1, -0.05) is 51.1 Å². The van der Waals surface area contributed by atoms with Gasteiger partial charge in [-0.15, -0.1) is 0 Å². The number of ether oxygens (including phenoxy) is 2. The van der Waals surface area contributed by atoms with E-state index in [0.717, 1.165) is 30.1 Å². The number of esters is 1. The summed E-state index contributed by atoms with van der Waals surface area (Å²) in [6.45, 7) is 6.61. The van der Waals surface area contributed by atoms with Gasteiger partial charge in [-0.25, -0.2) is 0 Å². The molecule has 2 atom stereocenters. The lowest BCUT2D eigenvalue weighted by Crippen LogP contribution is -2.54. The minimum absolute atomic E-state index is 0.248. The molecule has 0 spiro atoms. The van der Waals surface area contributed by atoms with Gasteiger partial charge < -0.3 is 13.9 Å². The van der Waals surface area contributed by atoms with E-state index >= 15 is 0 Å². The van der Waals surface area contributed by atoms with Crippen molar-refractivity contribution in [1.82, 2.24) is 0 Å². The number of hydrogen-bond acceptors (Lipinski definition) is 4. The Morgan fingerprint density at radius 3 is 2.38 bits per heavy atom. The summed E-state index contributed by atoms with van der Waals surface area (Å²) in [5.74, 6) is 0.459. The Morgan fingerprint density at radius 2 is 1.81 bits per heavy atom. The smallest absolute Gasteiger partial charge is 0.319 e. The van der Waals surface area contributed by atoms with Gasteiger partial charge in [-0.05, 0) is 37.0 Å². The van der Waals surface area contributed by atoms with Gasteiger partial charge >= 0.3 is 5.97 Å². The number of benzene rings is 1. The lowest BCUT2D eigenvalue weighted by Gasteiger charge is -2.44. The van der Waals surface area contributed by atoms with Gasteiger partial charge in [0.2, 0.25) is 0 Å². The van der Waals surface area contributed by atoms with Crippen molar-refractivity contribution in [2.75, 3.05) is 14.2 Å². The first-order valence-electron chi connectivity index (χ1n) is 9.60. The number of rotatable bonds is 8. The van der Waals surface area contributed by atoms with Crippen molar-refractivity contribution in [3.05, 3.63) is 42.0 Å². The van der Waals surface area contributed by atoms with E-state index in [1.165, 1.54) is 7.11 Å². The third kappa shape index (κ3) is 3.60. The second kappa shape index (κ2) is 8.87. The number of carbonyl (C=O) groups excluding carboxylic acids is 1. The highest BCUT2D eigenvalue weighted by Gasteiger charge is 2.52. The minimum atomic E-state index is -1.91. The second-order valence-corrected chi connectivity index (χ2v) is 11.6. The van der Waals surface area contributed by atoms with Gasteiger partial charge in [0.05, 0.1) is 20.3 Å². The Balaban J connectivity index is 2.61. The van der Waals surface area contributed by atoms with Crippen LogP contribution in [0.4, 0.5) is 0 Å².